The van der Waals surface area contributed by atoms with Crippen molar-refractivity contribution in [3.63, 3.8) is 0 Å². The first-order chi connectivity index (χ1) is 8.29. The second-order valence-corrected chi connectivity index (χ2v) is 7.42. The Morgan fingerprint density at radius 1 is 1.11 bits per heavy atom. The average Bonchev–Trinajstić information content (AvgIpc) is 2.40. The molecule has 0 aromatic rings. The Kier molecular flexibility index (Phi) is 6.13. The quantitative estimate of drug-likeness (QED) is 0.750. The SMILES string of the molecule is CC(O)CC(C)NC1CCCC(C(C)(C)C)CC1. The highest BCUT2D eigenvalue weighted by molar-refractivity contribution is 4.82. The fourth-order valence-corrected chi connectivity index (χ4v) is 3.32. The van der Waals surface area contributed by atoms with Crippen LogP contribution in [0.4, 0.5) is 0 Å². The summed E-state index contributed by atoms with van der Waals surface area (Å²) in [6.45, 7) is 11.2. The molecule has 4 atom stereocenters. The van der Waals surface area contributed by atoms with Gasteiger partial charge in [0.25, 0.3) is 0 Å². The molecule has 0 aliphatic heterocycles. The van der Waals surface area contributed by atoms with Crippen molar-refractivity contribution >= 4 is 0 Å². The minimum absolute atomic E-state index is 0.194. The summed E-state index contributed by atoms with van der Waals surface area (Å²) < 4.78 is 0. The Balaban J connectivity index is 2.38. The maximum atomic E-state index is 9.42. The van der Waals surface area contributed by atoms with Crippen LogP contribution in [0.1, 0.15) is 73.1 Å². The summed E-state index contributed by atoms with van der Waals surface area (Å²) >= 11 is 0. The Hall–Kier alpha value is -0.0800. The molecule has 0 spiro atoms. The zero-order chi connectivity index (χ0) is 13.8. The lowest BCUT2D eigenvalue weighted by molar-refractivity contribution is 0.166. The van der Waals surface area contributed by atoms with Gasteiger partial charge in [-0.1, -0.05) is 27.2 Å². The third-order valence-corrected chi connectivity index (χ3v) is 4.41. The van der Waals surface area contributed by atoms with Gasteiger partial charge in [-0.05, 0) is 57.3 Å². The van der Waals surface area contributed by atoms with Crippen LogP contribution >= 0.6 is 0 Å². The molecule has 0 heterocycles. The van der Waals surface area contributed by atoms with Crippen LogP contribution in [-0.4, -0.2) is 23.3 Å². The Morgan fingerprint density at radius 2 is 1.78 bits per heavy atom. The van der Waals surface area contributed by atoms with Crippen LogP contribution in [0.25, 0.3) is 0 Å². The van der Waals surface area contributed by atoms with Crippen molar-refractivity contribution in [2.75, 3.05) is 0 Å². The Labute approximate surface area is 114 Å². The van der Waals surface area contributed by atoms with E-state index in [0.29, 0.717) is 17.5 Å². The topological polar surface area (TPSA) is 32.3 Å². The van der Waals surface area contributed by atoms with Crippen molar-refractivity contribution in [2.45, 2.75) is 91.3 Å². The molecule has 2 heteroatoms. The van der Waals surface area contributed by atoms with E-state index in [1.165, 1.54) is 32.1 Å². The first-order valence-corrected chi connectivity index (χ1v) is 7.73. The van der Waals surface area contributed by atoms with Crippen LogP contribution in [0.5, 0.6) is 0 Å². The third-order valence-electron chi connectivity index (χ3n) is 4.41. The molecule has 18 heavy (non-hydrogen) atoms. The van der Waals surface area contributed by atoms with Gasteiger partial charge < -0.3 is 10.4 Å². The molecule has 0 aromatic heterocycles. The Bertz CT molecular complexity index is 232. The van der Waals surface area contributed by atoms with E-state index in [4.69, 9.17) is 0 Å². The van der Waals surface area contributed by atoms with Gasteiger partial charge in [0.2, 0.25) is 0 Å². The minimum Gasteiger partial charge on any atom is -0.393 e. The highest BCUT2D eigenvalue weighted by Crippen LogP contribution is 2.36. The van der Waals surface area contributed by atoms with Crippen LogP contribution in [-0.2, 0) is 0 Å². The molecule has 0 amide bonds. The van der Waals surface area contributed by atoms with E-state index in [1.807, 2.05) is 6.92 Å². The van der Waals surface area contributed by atoms with Crippen LogP contribution in [0, 0.1) is 11.3 Å². The van der Waals surface area contributed by atoms with Gasteiger partial charge in [-0.3, -0.25) is 0 Å². The van der Waals surface area contributed by atoms with Gasteiger partial charge in [0.15, 0.2) is 0 Å². The second kappa shape index (κ2) is 6.91. The van der Waals surface area contributed by atoms with E-state index in [0.717, 1.165) is 12.3 Å². The van der Waals surface area contributed by atoms with Crippen molar-refractivity contribution < 1.29 is 5.11 Å². The summed E-state index contributed by atoms with van der Waals surface area (Å²) in [5, 5.41) is 13.1. The Morgan fingerprint density at radius 3 is 2.33 bits per heavy atom. The summed E-state index contributed by atoms with van der Waals surface area (Å²) in [5.74, 6) is 0.872. The lowest BCUT2D eigenvalue weighted by atomic mass is 9.76. The summed E-state index contributed by atoms with van der Waals surface area (Å²) in [7, 11) is 0. The van der Waals surface area contributed by atoms with Crippen LogP contribution in [0.2, 0.25) is 0 Å². The molecule has 1 rings (SSSR count). The molecule has 1 fully saturated rings. The highest BCUT2D eigenvalue weighted by Gasteiger charge is 2.28. The van der Waals surface area contributed by atoms with E-state index in [-0.39, 0.29) is 6.10 Å². The number of hydrogen-bond donors (Lipinski definition) is 2. The van der Waals surface area contributed by atoms with E-state index in [1.54, 1.807) is 0 Å². The molecule has 1 aliphatic carbocycles. The van der Waals surface area contributed by atoms with Crippen LogP contribution in [0.15, 0.2) is 0 Å². The lowest BCUT2D eigenvalue weighted by Crippen LogP contribution is -2.38. The van der Waals surface area contributed by atoms with E-state index < -0.39 is 0 Å². The van der Waals surface area contributed by atoms with Gasteiger partial charge in [0.05, 0.1) is 6.10 Å². The second-order valence-electron chi connectivity index (χ2n) is 7.42. The first kappa shape index (κ1) is 16.0. The molecular formula is C16H33NO. The molecule has 4 unspecified atom stereocenters. The summed E-state index contributed by atoms with van der Waals surface area (Å²) in [5.41, 5.74) is 0.458. The first-order valence-electron chi connectivity index (χ1n) is 7.73. The third kappa shape index (κ3) is 5.71. The van der Waals surface area contributed by atoms with Crippen molar-refractivity contribution in [1.82, 2.24) is 5.32 Å². The van der Waals surface area contributed by atoms with Gasteiger partial charge in [-0.25, -0.2) is 0 Å². The number of rotatable bonds is 4. The number of aliphatic hydroxyl groups is 1. The number of hydrogen-bond acceptors (Lipinski definition) is 2. The maximum Gasteiger partial charge on any atom is 0.0526 e. The van der Waals surface area contributed by atoms with E-state index >= 15 is 0 Å². The van der Waals surface area contributed by atoms with Gasteiger partial charge >= 0.3 is 0 Å². The van der Waals surface area contributed by atoms with Gasteiger partial charge in [0, 0.05) is 12.1 Å². The molecule has 108 valence electrons. The molecule has 0 bridgehead atoms. The lowest BCUT2D eigenvalue weighted by Gasteiger charge is -2.30. The van der Waals surface area contributed by atoms with Crippen molar-refractivity contribution in [1.29, 1.82) is 0 Å². The monoisotopic (exact) mass is 255 g/mol. The molecule has 1 aliphatic rings. The molecule has 1 saturated carbocycles. The zero-order valence-corrected chi connectivity index (χ0v) is 13.0. The summed E-state index contributed by atoms with van der Waals surface area (Å²) in [6, 6.07) is 1.09. The molecule has 2 nitrogen and oxygen atoms in total. The van der Waals surface area contributed by atoms with Gasteiger partial charge in [-0.2, -0.15) is 0 Å². The summed E-state index contributed by atoms with van der Waals surface area (Å²) in [6.07, 6.45) is 7.35. The predicted octanol–water partition coefficient (Wildman–Crippen LogP) is 3.73. The fraction of sp³-hybridized carbons (Fsp3) is 1.00. The average molecular weight is 255 g/mol. The van der Waals surface area contributed by atoms with Crippen LogP contribution in [0.3, 0.4) is 0 Å². The molecule has 2 N–H and O–H groups in total. The molecular weight excluding hydrogens is 222 g/mol. The van der Waals surface area contributed by atoms with E-state index in [9.17, 15) is 5.11 Å². The largest absolute Gasteiger partial charge is 0.393 e. The molecule has 0 radical (unpaired) electrons. The maximum absolute atomic E-state index is 9.42. The fourth-order valence-electron chi connectivity index (χ4n) is 3.32. The van der Waals surface area contributed by atoms with Crippen molar-refractivity contribution in [3.05, 3.63) is 0 Å². The normalized spacial score (nSPS) is 29.7. The van der Waals surface area contributed by atoms with Gasteiger partial charge in [0.1, 0.15) is 0 Å². The van der Waals surface area contributed by atoms with Crippen molar-refractivity contribution in [2.24, 2.45) is 11.3 Å². The number of nitrogens with one attached hydrogen (secondary N) is 1. The summed E-state index contributed by atoms with van der Waals surface area (Å²) in [4.78, 5) is 0. The van der Waals surface area contributed by atoms with Crippen LogP contribution < -0.4 is 5.32 Å². The zero-order valence-electron chi connectivity index (χ0n) is 13.0. The van der Waals surface area contributed by atoms with Gasteiger partial charge in [-0.15, -0.1) is 0 Å². The predicted molar refractivity (Wildman–Crippen MR) is 78.7 cm³/mol. The van der Waals surface area contributed by atoms with E-state index in [2.05, 4.69) is 33.0 Å². The van der Waals surface area contributed by atoms with Crippen molar-refractivity contribution in [3.8, 4) is 0 Å². The smallest absolute Gasteiger partial charge is 0.0526 e. The number of aliphatic hydroxyl groups excluding tert-OH is 1. The standard InChI is InChI=1S/C16H33NO/c1-12(11-13(2)18)17-15-8-6-7-14(9-10-15)16(3,4)5/h12-15,17-18H,6-11H2,1-5H3. The molecule has 0 aromatic carbocycles. The molecule has 0 saturated heterocycles. The minimum atomic E-state index is -0.194. The highest BCUT2D eigenvalue weighted by atomic mass is 16.3.